The van der Waals surface area contributed by atoms with E-state index in [0.29, 0.717) is 18.1 Å². The van der Waals surface area contributed by atoms with Crippen LogP contribution in [0.5, 0.6) is 0 Å². The van der Waals surface area contributed by atoms with Crippen LogP contribution in [-0.2, 0) is 21.2 Å². The van der Waals surface area contributed by atoms with E-state index in [2.05, 4.69) is 10.4 Å². The Morgan fingerprint density at radius 3 is 2.64 bits per heavy atom. The quantitative estimate of drug-likeness (QED) is 0.777. The van der Waals surface area contributed by atoms with Gasteiger partial charge in [0.2, 0.25) is 5.91 Å². The van der Waals surface area contributed by atoms with Crippen molar-refractivity contribution in [3.63, 3.8) is 0 Å². The molecule has 126 valence electrons. The first kappa shape index (κ1) is 19.0. The molecule has 0 aromatic carbocycles. The van der Waals surface area contributed by atoms with Crippen LogP contribution in [0.2, 0.25) is 0 Å². The second-order valence-electron chi connectivity index (χ2n) is 5.93. The minimum absolute atomic E-state index is 0.0516. The number of hydrogen-bond acceptors (Lipinski definition) is 5. The molecule has 0 aliphatic heterocycles. The standard InChI is InChI=1S/C14H25N3O3S2/c1-6-22(19,20)8-7-17-9-11(2)12(16-17)15-13(18)14(3,4)10-21-5/h9H,6-8,10H2,1-5H3,(H,15,16,18). The van der Waals surface area contributed by atoms with E-state index in [-0.39, 0.29) is 17.4 Å². The lowest BCUT2D eigenvalue weighted by molar-refractivity contribution is -0.122. The second-order valence-corrected chi connectivity index (χ2v) is 9.27. The normalized spacial score (nSPS) is 12.4. The number of nitrogens with one attached hydrogen (secondary N) is 1. The number of thioether (sulfide) groups is 1. The van der Waals surface area contributed by atoms with Gasteiger partial charge in [0.15, 0.2) is 15.7 Å². The summed E-state index contributed by atoms with van der Waals surface area (Å²) >= 11 is 1.62. The van der Waals surface area contributed by atoms with Gasteiger partial charge in [-0.1, -0.05) is 20.8 Å². The third-order valence-corrected chi connectivity index (χ3v) is 6.06. The Bertz CT molecular complexity index is 621. The predicted octanol–water partition coefficient (Wildman–Crippen LogP) is 1.95. The van der Waals surface area contributed by atoms with Crippen molar-refractivity contribution in [2.45, 2.75) is 34.2 Å². The second kappa shape index (κ2) is 7.50. The number of anilines is 1. The Kier molecular flexibility index (Phi) is 6.49. The molecule has 1 amide bonds. The van der Waals surface area contributed by atoms with E-state index in [1.54, 1.807) is 29.6 Å². The fourth-order valence-corrected chi connectivity index (χ4v) is 3.45. The molecule has 0 radical (unpaired) electrons. The number of hydrogen-bond donors (Lipinski definition) is 1. The summed E-state index contributed by atoms with van der Waals surface area (Å²) < 4.78 is 24.6. The summed E-state index contributed by atoms with van der Waals surface area (Å²) in [6, 6.07) is 0. The highest BCUT2D eigenvalue weighted by Crippen LogP contribution is 2.23. The third kappa shape index (κ3) is 5.31. The third-order valence-electron chi connectivity index (χ3n) is 3.37. The summed E-state index contributed by atoms with van der Waals surface area (Å²) in [5, 5.41) is 7.11. The van der Waals surface area contributed by atoms with Crippen LogP contribution in [0.4, 0.5) is 5.82 Å². The van der Waals surface area contributed by atoms with Crippen LogP contribution in [0, 0.1) is 12.3 Å². The highest BCUT2D eigenvalue weighted by Gasteiger charge is 2.28. The number of aromatic nitrogens is 2. The topological polar surface area (TPSA) is 81.1 Å². The molecule has 0 spiro atoms. The molecule has 0 fully saturated rings. The first-order valence-electron chi connectivity index (χ1n) is 7.16. The molecular formula is C14H25N3O3S2. The summed E-state index contributed by atoms with van der Waals surface area (Å²) in [7, 11) is -3.03. The number of carbonyl (C=O) groups is 1. The predicted molar refractivity (Wildman–Crippen MR) is 92.1 cm³/mol. The van der Waals surface area contributed by atoms with Gasteiger partial charge in [-0.3, -0.25) is 9.48 Å². The van der Waals surface area contributed by atoms with Gasteiger partial charge in [-0.2, -0.15) is 16.9 Å². The first-order chi connectivity index (χ1) is 10.1. The highest BCUT2D eigenvalue weighted by molar-refractivity contribution is 7.98. The van der Waals surface area contributed by atoms with Crippen molar-refractivity contribution < 1.29 is 13.2 Å². The lowest BCUT2D eigenvalue weighted by Gasteiger charge is -2.21. The molecule has 8 heteroatoms. The van der Waals surface area contributed by atoms with Gasteiger partial charge in [-0.15, -0.1) is 0 Å². The molecule has 1 aromatic rings. The number of rotatable bonds is 8. The summed E-state index contributed by atoms with van der Waals surface area (Å²) in [6.45, 7) is 7.54. The maximum Gasteiger partial charge on any atom is 0.232 e. The Labute approximate surface area is 137 Å². The zero-order valence-corrected chi connectivity index (χ0v) is 15.5. The van der Waals surface area contributed by atoms with E-state index in [1.807, 2.05) is 27.0 Å². The van der Waals surface area contributed by atoms with Crippen LogP contribution in [0.25, 0.3) is 0 Å². The van der Waals surface area contributed by atoms with Gasteiger partial charge in [-0.25, -0.2) is 8.42 Å². The number of aryl methyl sites for hydroxylation is 2. The van der Waals surface area contributed by atoms with Gasteiger partial charge in [0, 0.05) is 23.3 Å². The van der Waals surface area contributed by atoms with E-state index in [0.717, 1.165) is 5.56 Å². The molecule has 6 nitrogen and oxygen atoms in total. The molecule has 0 unspecified atom stereocenters. The molecule has 0 bridgehead atoms. The van der Waals surface area contributed by atoms with E-state index in [4.69, 9.17) is 0 Å². The van der Waals surface area contributed by atoms with E-state index >= 15 is 0 Å². The lowest BCUT2D eigenvalue weighted by atomic mass is 9.95. The minimum Gasteiger partial charge on any atom is -0.309 e. The molecule has 0 aliphatic carbocycles. The number of sulfone groups is 1. The molecule has 1 aromatic heterocycles. The Morgan fingerprint density at radius 2 is 2.09 bits per heavy atom. The molecule has 0 saturated heterocycles. The van der Waals surface area contributed by atoms with Crippen molar-refractivity contribution in [2.75, 3.05) is 28.8 Å². The molecule has 1 heterocycles. The molecule has 0 saturated carbocycles. The SMILES string of the molecule is CCS(=O)(=O)CCn1cc(C)c(NC(=O)C(C)(C)CSC)n1. The molecule has 1 rings (SSSR count). The number of carbonyl (C=O) groups excluding carboxylic acids is 1. The van der Waals surface area contributed by atoms with Gasteiger partial charge < -0.3 is 5.32 Å². The fourth-order valence-electron chi connectivity index (χ4n) is 1.84. The van der Waals surface area contributed by atoms with Crippen LogP contribution in [0.1, 0.15) is 26.3 Å². The number of amides is 1. The Hall–Kier alpha value is -1.02. The van der Waals surface area contributed by atoms with Crippen molar-refractivity contribution in [3.05, 3.63) is 11.8 Å². The molecule has 0 aliphatic rings. The van der Waals surface area contributed by atoms with Crippen molar-refractivity contribution in [1.82, 2.24) is 9.78 Å². The summed E-state index contributed by atoms with van der Waals surface area (Å²) in [5.41, 5.74) is 0.337. The monoisotopic (exact) mass is 347 g/mol. The summed E-state index contributed by atoms with van der Waals surface area (Å²) in [6.07, 6.45) is 3.71. The van der Waals surface area contributed by atoms with Gasteiger partial charge in [0.1, 0.15) is 0 Å². The van der Waals surface area contributed by atoms with Gasteiger partial charge in [0.25, 0.3) is 0 Å². The molecule has 22 heavy (non-hydrogen) atoms. The maximum absolute atomic E-state index is 12.3. The van der Waals surface area contributed by atoms with Crippen molar-refractivity contribution in [2.24, 2.45) is 5.41 Å². The van der Waals surface area contributed by atoms with E-state index in [9.17, 15) is 13.2 Å². The van der Waals surface area contributed by atoms with Crippen LogP contribution in [-0.4, -0.2) is 47.6 Å². The zero-order chi connectivity index (χ0) is 17.0. The Morgan fingerprint density at radius 1 is 1.45 bits per heavy atom. The van der Waals surface area contributed by atoms with Crippen LogP contribution >= 0.6 is 11.8 Å². The minimum atomic E-state index is -3.03. The van der Waals surface area contributed by atoms with Gasteiger partial charge in [0.05, 0.1) is 17.7 Å². The van der Waals surface area contributed by atoms with Crippen molar-refractivity contribution in [1.29, 1.82) is 0 Å². The van der Waals surface area contributed by atoms with Gasteiger partial charge in [-0.05, 0) is 13.2 Å². The fraction of sp³-hybridized carbons (Fsp3) is 0.714. The van der Waals surface area contributed by atoms with Crippen LogP contribution < -0.4 is 5.32 Å². The lowest BCUT2D eigenvalue weighted by Crippen LogP contribution is -2.33. The molecule has 1 N–H and O–H groups in total. The zero-order valence-electron chi connectivity index (χ0n) is 13.8. The van der Waals surface area contributed by atoms with Crippen LogP contribution in [0.15, 0.2) is 6.20 Å². The smallest absolute Gasteiger partial charge is 0.232 e. The molecule has 0 atom stereocenters. The van der Waals surface area contributed by atoms with Crippen molar-refractivity contribution in [3.8, 4) is 0 Å². The first-order valence-corrected chi connectivity index (χ1v) is 10.4. The van der Waals surface area contributed by atoms with Gasteiger partial charge >= 0.3 is 0 Å². The maximum atomic E-state index is 12.3. The van der Waals surface area contributed by atoms with Crippen LogP contribution in [0.3, 0.4) is 0 Å². The molecular weight excluding hydrogens is 322 g/mol. The Balaban J connectivity index is 2.76. The largest absolute Gasteiger partial charge is 0.309 e. The van der Waals surface area contributed by atoms with Crippen molar-refractivity contribution >= 4 is 33.3 Å². The highest BCUT2D eigenvalue weighted by atomic mass is 32.2. The number of nitrogens with zero attached hydrogens (tertiary/aromatic N) is 2. The average molecular weight is 348 g/mol. The van der Waals surface area contributed by atoms with E-state index in [1.165, 1.54) is 0 Å². The van der Waals surface area contributed by atoms with E-state index < -0.39 is 15.3 Å². The summed E-state index contributed by atoms with van der Waals surface area (Å²) in [5.74, 6) is 1.30. The average Bonchev–Trinajstić information content (AvgIpc) is 2.77. The summed E-state index contributed by atoms with van der Waals surface area (Å²) in [4.78, 5) is 12.3.